The van der Waals surface area contributed by atoms with E-state index >= 15 is 0 Å². The van der Waals surface area contributed by atoms with E-state index in [-0.39, 0.29) is 0 Å². The van der Waals surface area contributed by atoms with Crippen LogP contribution in [0.4, 0.5) is 17.1 Å². The highest BCUT2D eigenvalue weighted by Crippen LogP contribution is 2.28. The van der Waals surface area contributed by atoms with E-state index in [1.165, 1.54) is 16.9 Å². The molecule has 32 heavy (non-hydrogen) atoms. The minimum absolute atomic E-state index is 0.779. The number of nitrogens with zero attached hydrogens (tertiary/aromatic N) is 2. The Morgan fingerprint density at radius 3 is 1.72 bits per heavy atom. The van der Waals surface area contributed by atoms with Crippen LogP contribution in [0, 0.1) is 0 Å². The maximum Gasteiger partial charge on any atom is 0.0481 e. The van der Waals surface area contributed by atoms with E-state index < -0.39 is 0 Å². The second kappa shape index (κ2) is 10.3. The van der Waals surface area contributed by atoms with Crippen molar-refractivity contribution in [3.05, 3.63) is 139 Å². The third-order valence-electron chi connectivity index (χ3n) is 5.49. The quantitative estimate of drug-likeness (QED) is 0.289. The second-order valence-electron chi connectivity index (χ2n) is 7.69. The van der Waals surface area contributed by atoms with Gasteiger partial charge in [-0.1, -0.05) is 79.4 Å². The van der Waals surface area contributed by atoms with Crippen molar-refractivity contribution in [3.63, 3.8) is 0 Å². The Balaban J connectivity index is 1.63. The molecular formula is C30H28N2. The second-order valence-corrected chi connectivity index (χ2v) is 7.69. The Labute approximate surface area is 191 Å². The normalized spacial score (nSPS) is 10.8. The fourth-order valence-electron chi connectivity index (χ4n) is 3.72. The lowest BCUT2D eigenvalue weighted by Gasteiger charge is -2.25. The zero-order valence-corrected chi connectivity index (χ0v) is 18.4. The predicted octanol–water partition coefficient (Wildman–Crippen LogP) is 7.78. The molecule has 0 unspecified atom stereocenters. The van der Waals surface area contributed by atoms with Gasteiger partial charge in [0.2, 0.25) is 0 Å². The van der Waals surface area contributed by atoms with E-state index in [1.54, 1.807) is 0 Å². The van der Waals surface area contributed by atoms with Gasteiger partial charge in [-0.05, 0) is 65.2 Å². The summed E-state index contributed by atoms with van der Waals surface area (Å²) in [7, 11) is 2.07. The van der Waals surface area contributed by atoms with E-state index in [2.05, 4.69) is 139 Å². The van der Waals surface area contributed by atoms with Crippen molar-refractivity contribution in [3.8, 4) is 0 Å². The molecule has 4 rings (SSSR count). The molecule has 2 nitrogen and oxygen atoms in total. The van der Waals surface area contributed by atoms with E-state index in [0.29, 0.717) is 0 Å². The molecule has 2 heteroatoms. The van der Waals surface area contributed by atoms with Crippen molar-refractivity contribution >= 4 is 29.2 Å². The number of para-hydroxylation sites is 3. The van der Waals surface area contributed by atoms with Gasteiger partial charge in [-0.15, -0.1) is 0 Å². The molecule has 0 spiro atoms. The Kier molecular flexibility index (Phi) is 6.84. The molecule has 0 aliphatic heterocycles. The first-order valence-electron chi connectivity index (χ1n) is 10.8. The lowest BCUT2D eigenvalue weighted by Crippen LogP contribution is -2.16. The lowest BCUT2D eigenvalue weighted by atomic mass is 10.0. The predicted molar refractivity (Wildman–Crippen MR) is 139 cm³/mol. The van der Waals surface area contributed by atoms with Crippen molar-refractivity contribution in [1.29, 1.82) is 0 Å². The average molecular weight is 417 g/mol. The molecule has 0 saturated heterocycles. The zero-order chi connectivity index (χ0) is 22.2. The number of hydrogen-bond donors (Lipinski definition) is 0. The first-order chi connectivity index (χ1) is 15.7. The van der Waals surface area contributed by atoms with Crippen LogP contribution >= 0.6 is 0 Å². The summed E-state index contributed by atoms with van der Waals surface area (Å²) in [6.07, 6.45) is 6.18. The molecule has 0 bridgehead atoms. The zero-order valence-electron chi connectivity index (χ0n) is 18.4. The largest absolute Gasteiger partial charge is 0.351 e. The van der Waals surface area contributed by atoms with Crippen molar-refractivity contribution in [1.82, 2.24) is 0 Å². The van der Waals surface area contributed by atoms with Crippen LogP contribution in [-0.2, 0) is 6.54 Å². The van der Waals surface area contributed by atoms with Crippen molar-refractivity contribution < 1.29 is 0 Å². The summed E-state index contributed by atoms with van der Waals surface area (Å²) < 4.78 is 0. The van der Waals surface area contributed by atoms with Crippen LogP contribution in [0.1, 0.15) is 16.7 Å². The summed E-state index contributed by atoms with van der Waals surface area (Å²) in [5, 5.41) is 0. The molecule has 0 amide bonds. The van der Waals surface area contributed by atoms with E-state index in [1.807, 2.05) is 12.1 Å². The van der Waals surface area contributed by atoms with E-state index in [4.69, 9.17) is 0 Å². The van der Waals surface area contributed by atoms with Gasteiger partial charge in [0.15, 0.2) is 0 Å². The summed E-state index contributed by atoms with van der Waals surface area (Å²) in [5.41, 5.74) is 7.02. The summed E-state index contributed by atoms with van der Waals surface area (Å²) in [5.74, 6) is 0. The Hall–Kier alpha value is -4.04. The molecular weight excluding hydrogens is 388 g/mol. The lowest BCUT2D eigenvalue weighted by molar-refractivity contribution is 0.974. The van der Waals surface area contributed by atoms with E-state index in [0.717, 1.165) is 23.4 Å². The van der Waals surface area contributed by atoms with Gasteiger partial charge in [-0.3, -0.25) is 0 Å². The first kappa shape index (κ1) is 21.2. The van der Waals surface area contributed by atoms with Gasteiger partial charge in [0.25, 0.3) is 0 Å². The highest BCUT2D eigenvalue weighted by molar-refractivity contribution is 5.68. The van der Waals surface area contributed by atoms with Crippen LogP contribution in [0.2, 0.25) is 0 Å². The molecule has 0 atom stereocenters. The van der Waals surface area contributed by atoms with Crippen LogP contribution in [0.25, 0.3) is 12.2 Å². The minimum atomic E-state index is 0.779. The molecule has 0 aliphatic carbocycles. The standard InChI is InChI=1S/C30H28N2/c1-3-26-20-19-25(23-27(26)21-22-31(2)28-13-7-4-8-14-28)24-32(29-15-9-5-10-16-29)30-17-11-6-12-18-30/h3-23H,1,24H2,2H3/b22-21+. The molecule has 158 valence electrons. The van der Waals surface area contributed by atoms with Crippen LogP contribution in [-0.4, -0.2) is 7.05 Å². The third-order valence-corrected chi connectivity index (χ3v) is 5.49. The summed E-state index contributed by atoms with van der Waals surface area (Å²) in [6.45, 7) is 4.78. The Morgan fingerprint density at radius 1 is 0.656 bits per heavy atom. The topological polar surface area (TPSA) is 6.48 Å². The third kappa shape index (κ3) is 5.16. The van der Waals surface area contributed by atoms with Gasteiger partial charge in [-0.2, -0.15) is 0 Å². The van der Waals surface area contributed by atoms with Crippen molar-refractivity contribution in [2.24, 2.45) is 0 Å². The highest BCUT2D eigenvalue weighted by atomic mass is 15.1. The van der Waals surface area contributed by atoms with Gasteiger partial charge in [0.1, 0.15) is 0 Å². The summed E-state index contributed by atoms with van der Waals surface area (Å²) in [6, 6.07) is 38.0. The summed E-state index contributed by atoms with van der Waals surface area (Å²) >= 11 is 0. The molecule has 0 aliphatic rings. The first-order valence-corrected chi connectivity index (χ1v) is 10.8. The molecule has 0 N–H and O–H groups in total. The SMILES string of the molecule is C=Cc1ccc(CN(c2ccccc2)c2ccccc2)cc1/C=C/N(C)c1ccccc1. The monoisotopic (exact) mass is 416 g/mol. The molecule has 4 aromatic rings. The fourth-order valence-corrected chi connectivity index (χ4v) is 3.72. The maximum absolute atomic E-state index is 4.00. The Bertz CT molecular complexity index is 1130. The van der Waals surface area contributed by atoms with Gasteiger partial charge >= 0.3 is 0 Å². The van der Waals surface area contributed by atoms with E-state index in [9.17, 15) is 0 Å². The van der Waals surface area contributed by atoms with Crippen molar-refractivity contribution in [2.45, 2.75) is 6.54 Å². The van der Waals surface area contributed by atoms with Gasteiger partial charge in [0, 0.05) is 36.9 Å². The number of benzene rings is 4. The molecule has 0 aromatic heterocycles. The number of rotatable bonds is 8. The average Bonchev–Trinajstić information content (AvgIpc) is 2.87. The van der Waals surface area contributed by atoms with Crippen LogP contribution in [0.3, 0.4) is 0 Å². The van der Waals surface area contributed by atoms with Crippen LogP contribution in [0.5, 0.6) is 0 Å². The molecule has 0 heterocycles. The highest BCUT2D eigenvalue weighted by Gasteiger charge is 2.10. The minimum Gasteiger partial charge on any atom is -0.351 e. The van der Waals surface area contributed by atoms with Crippen LogP contribution < -0.4 is 9.80 Å². The number of anilines is 3. The number of hydrogen-bond acceptors (Lipinski definition) is 2. The smallest absolute Gasteiger partial charge is 0.0481 e. The summed E-state index contributed by atoms with van der Waals surface area (Å²) in [4.78, 5) is 4.46. The fraction of sp³-hybridized carbons (Fsp3) is 0.0667. The van der Waals surface area contributed by atoms with Gasteiger partial charge in [0.05, 0.1) is 0 Å². The van der Waals surface area contributed by atoms with Crippen LogP contribution in [0.15, 0.2) is 122 Å². The Morgan fingerprint density at radius 2 is 1.19 bits per heavy atom. The molecule has 0 radical (unpaired) electrons. The molecule has 4 aromatic carbocycles. The van der Waals surface area contributed by atoms with Crippen molar-refractivity contribution in [2.75, 3.05) is 16.8 Å². The molecule has 0 fully saturated rings. The van der Waals surface area contributed by atoms with Gasteiger partial charge < -0.3 is 9.80 Å². The van der Waals surface area contributed by atoms with Gasteiger partial charge in [-0.25, -0.2) is 0 Å². The molecule has 0 saturated carbocycles. The maximum atomic E-state index is 4.00.